The van der Waals surface area contributed by atoms with Crippen LogP contribution in [0.25, 0.3) is 6.08 Å². The van der Waals surface area contributed by atoms with Crippen LogP contribution in [0.1, 0.15) is 18.4 Å². The smallest absolute Gasteiger partial charge is 0.243 e. The average molecular weight is 457 g/mol. The van der Waals surface area contributed by atoms with E-state index in [4.69, 9.17) is 0 Å². The van der Waals surface area contributed by atoms with Gasteiger partial charge in [0.05, 0.1) is 17.0 Å². The van der Waals surface area contributed by atoms with Crippen molar-refractivity contribution in [2.75, 3.05) is 44.2 Å². The molecule has 2 aliphatic heterocycles. The third-order valence-corrected chi connectivity index (χ3v) is 8.10. The van der Waals surface area contributed by atoms with Gasteiger partial charge in [-0.15, -0.1) is 0 Å². The number of aromatic nitrogens is 1. The van der Waals surface area contributed by atoms with Crippen LogP contribution in [0, 0.1) is 0 Å². The molecule has 1 N–H and O–H groups in total. The van der Waals surface area contributed by atoms with Crippen molar-refractivity contribution in [1.82, 2.24) is 14.2 Å². The van der Waals surface area contributed by atoms with Crippen molar-refractivity contribution < 1.29 is 18.3 Å². The van der Waals surface area contributed by atoms with Gasteiger partial charge >= 0.3 is 0 Å². The van der Waals surface area contributed by atoms with E-state index in [1.54, 1.807) is 35.5 Å². The molecule has 1 aromatic heterocycles. The molecule has 2 saturated heterocycles. The first-order chi connectivity index (χ1) is 15.3. The van der Waals surface area contributed by atoms with E-state index in [1.165, 1.54) is 16.4 Å². The Balaban J connectivity index is 1.35. The van der Waals surface area contributed by atoms with Gasteiger partial charge in [-0.1, -0.05) is 24.8 Å². The number of piperidine rings is 1. The van der Waals surface area contributed by atoms with E-state index in [0.717, 1.165) is 11.3 Å². The monoisotopic (exact) mass is 456 g/mol. The fraction of sp³-hybridized carbons (Fsp3) is 0.391. The maximum Gasteiger partial charge on any atom is 0.243 e. The van der Waals surface area contributed by atoms with Crippen LogP contribution < -0.4 is 4.90 Å². The summed E-state index contributed by atoms with van der Waals surface area (Å²) in [6.07, 6.45) is 6.21. The Kier molecular flexibility index (Phi) is 6.32. The molecule has 1 aromatic carbocycles. The summed E-state index contributed by atoms with van der Waals surface area (Å²) in [4.78, 5) is 20.7. The minimum Gasteiger partial charge on any atom is -0.388 e. The van der Waals surface area contributed by atoms with Gasteiger partial charge in [-0.25, -0.2) is 8.42 Å². The van der Waals surface area contributed by atoms with E-state index in [1.807, 2.05) is 12.1 Å². The molecule has 3 heterocycles. The summed E-state index contributed by atoms with van der Waals surface area (Å²) >= 11 is 0. The Morgan fingerprint density at radius 1 is 1.03 bits per heavy atom. The maximum atomic E-state index is 12.9. The predicted molar refractivity (Wildman–Crippen MR) is 123 cm³/mol. The second-order valence-electron chi connectivity index (χ2n) is 8.34. The number of β-amino-alcohol motifs (C(OH)–C–C–N with tert-alkyl or cyclic N) is 1. The van der Waals surface area contributed by atoms with Crippen LogP contribution in [0.4, 0.5) is 5.69 Å². The first-order valence-corrected chi connectivity index (χ1v) is 12.1. The molecule has 0 saturated carbocycles. The molecule has 0 unspecified atom stereocenters. The number of sulfonamides is 1. The lowest BCUT2D eigenvalue weighted by Crippen LogP contribution is -2.58. The largest absolute Gasteiger partial charge is 0.388 e. The lowest BCUT2D eigenvalue weighted by molar-refractivity contribution is -0.138. The number of nitrogens with zero attached hydrogens (tertiary/aromatic N) is 4. The molecule has 8 nitrogen and oxygen atoms in total. The molecular weight excluding hydrogens is 428 g/mol. The summed E-state index contributed by atoms with van der Waals surface area (Å²) in [5.74, 6) is -0.285. The topological polar surface area (TPSA) is 94.1 Å². The van der Waals surface area contributed by atoms with Crippen molar-refractivity contribution in [3.05, 3.63) is 60.9 Å². The molecule has 0 spiro atoms. The number of anilines is 1. The summed E-state index contributed by atoms with van der Waals surface area (Å²) in [6.45, 7) is 5.51. The number of carbonyl (C=O) groups excluding carboxylic acids is 1. The zero-order chi connectivity index (χ0) is 22.8. The molecule has 2 aromatic rings. The van der Waals surface area contributed by atoms with Crippen molar-refractivity contribution >= 4 is 27.7 Å². The molecule has 2 fully saturated rings. The molecule has 170 valence electrons. The number of aliphatic hydroxyl groups is 1. The first-order valence-electron chi connectivity index (χ1n) is 10.7. The third kappa shape index (κ3) is 4.69. The third-order valence-electron chi connectivity index (χ3n) is 6.24. The Hall–Kier alpha value is -2.75. The van der Waals surface area contributed by atoms with Crippen LogP contribution >= 0.6 is 0 Å². The quantitative estimate of drug-likeness (QED) is 0.710. The number of benzene rings is 1. The van der Waals surface area contributed by atoms with Crippen LogP contribution in [-0.2, 0) is 14.8 Å². The summed E-state index contributed by atoms with van der Waals surface area (Å²) in [5, 5.41) is 11.1. The molecule has 0 radical (unpaired) electrons. The van der Waals surface area contributed by atoms with Gasteiger partial charge in [-0.2, -0.15) is 4.31 Å². The summed E-state index contributed by atoms with van der Waals surface area (Å²) in [6, 6.07) is 10.3. The zero-order valence-corrected chi connectivity index (χ0v) is 18.7. The van der Waals surface area contributed by atoms with Crippen molar-refractivity contribution in [3.63, 3.8) is 0 Å². The van der Waals surface area contributed by atoms with Gasteiger partial charge in [0.15, 0.2) is 0 Å². The van der Waals surface area contributed by atoms with Gasteiger partial charge in [0.25, 0.3) is 0 Å². The Morgan fingerprint density at radius 2 is 1.69 bits per heavy atom. The Morgan fingerprint density at radius 3 is 2.28 bits per heavy atom. The Labute approximate surface area is 188 Å². The summed E-state index contributed by atoms with van der Waals surface area (Å²) in [5.41, 5.74) is 0.923. The highest BCUT2D eigenvalue weighted by molar-refractivity contribution is 7.89. The van der Waals surface area contributed by atoms with Gasteiger partial charge in [0, 0.05) is 50.8 Å². The van der Waals surface area contributed by atoms with Gasteiger partial charge in [-0.05, 0) is 42.7 Å². The fourth-order valence-corrected chi connectivity index (χ4v) is 5.61. The van der Waals surface area contributed by atoms with Crippen LogP contribution in [0.15, 0.2) is 60.3 Å². The lowest BCUT2D eigenvalue weighted by atomic mass is 9.90. The minimum atomic E-state index is -3.75. The van der Waals surface area contributed by atoms with Crippen LogP contribution in [0.2, 0.25) is 0 Å². The number of amides is 1. The highest BCUT2D eigenvalue weighted by Crippen LogP contribution is 2.28. The van der Waals surface area contributed by atoms with Crippen molar-refractivity contribution in [3.8, 4) is 0 Å². The maximum absolute atomic E-state index is 12.9. The van der Waals surface area contributed by atoms with Crippen LogP contribution in [-0.4, -0.2) is 78.5 Å². The standard InChI is InChI=1S/C23H28N4O4S/c1-2-19-3-5-21(6-4-19)32(30,31)27-16-15-26(22(28)17-27)18-23(29)9-13-25(14-10-23)20-7-11-24-12-8-20/h2-8,11-12,29H,1,9-10,13-18H2. The molecule has 2 aliphatic rings. The molecule has 1 amide bonds. The van der Waals surface area contributed by atoms with E-state index in [-0.39, 0.29) is 37.0 Å². The van der Waals surface area contributed by atoms with Crippen LogP contribution in [0.5, 0.6) is 0 Å². The number of rotatable bonds is 6. The number of pyridine rings is 1. The molecule has 0 atom stereocenters. The van der Waals surface area contributed by atoms with Gasteiger partial charge < -0.3 is 14.9 Å². The fourth-order valence-electron chi connectivity index (χ4n) is 4.23. The second-order valence-corrected chi connectivity index (χ2v) is 10.3. The highest BCUT2D eigenvalue weighted by atomic mass is 32.2. The Bertz CT molecular complexity index is 1060. The van der Waals surface area contributed by atoms with Crippen molar-refractivity contribution in [2.45, 2.75) is 23.3 Å². The highest BCUT2D eigenvalue weighted by Gasteiger charge is 2.39. The van der Waals surface area contributed by atoms with E-state index in [2.05, 4.69) is 16.5 Å². The van der Waals surface area contributed by atoms with Gasteiger partial charge in [0.2, 0.25) is 15.9 Å². The van der Waals surface area contributed by atoms with Gasteiger partial charge in [-0.3, -0.25) is 9.78 Å². The lowest BCUT2D eigenvalue weighted by Gasteiger charge is -2.43. The average Bonchev–Trinajstić information content (AvgIpc) is 2.81. The predicted octanol–water partition coefficient (Wildman–Crippen LogP) is 1.59. The number of hydrogen-bond acceptors (Lipinski definition) is 6. The number of carbonyl (C=O) groups is 1. The van der Waals surface area contributed by atoms with Crippen LogP contribution in [0.3, 0.4) is 0 Å². The molecule has 32 heavy (non-hydrogen) atoms. The first kappa shape index (κ1) is 22.4. The zero-order valence-electron chi connectivity index (χ0n) is 17.9. The second kappa shape index (κ2) is 9.01. The molecule has 0 aliphatic carbocycles. The van der Waals surface area contributed by atoms with Crippen molar-refractivity contribution in [1.29, 1.82) is 0 Å². The number of piperazine rings is 1. The van der Waals surface area contributed by atoms with Gasteiger partial charge in [0.1, 0.15) is 0 Å². The SMILES string of the molecule is C=Cc1ccc(S(=O)(=O)N2CCN(CC3(O)CCN(c4ccncc4)CC3)C(=O)C2)cc1. The van der Waals surface area contributed by atoms with E-state index in [0.29, 0.717) is 25.9 Å². The molecule has 0 bridgehead atoms. The minimum absolute atomic E-state index is 0.159. The molecular formula is C23H28N4O4S. The normalized spacial score (nSPS) is 19.7. The van der Waals surface area contributed by atoms with E-state index in [9.17, 15) is 18.3 Å². The molecule has 9 heteroatoms. The number of hydrogen-bond donors (Lipinski definition) is 1. The van der Waals surface area contributed by atoms with Crippen molar-refractivity contribution in [2.24, 2.45) is 0 Å². The van der Waals surface area contributed by atoms with E-state index >= 15 is 0 Å². The molecule has 4 rings (SSSR count). The summed E-state index contributed by atoms with van der Waals surface area (Å²) in [7, 11) is -3.75. The van der Waals surface area contributed by atoms with E-state index < -0.39 is 15.6 Å². The summed E-state index contributed by atoms with van der Waals surface area (Å²) < 4.78 is 27.1.